The maximum atomic E-state index is 5.80. The smallest absolute Gasteiger partial charge is 0.232 e. The molecule has 5 heteroatoms. The van der Waals surface area contributed by atoms with Crippen LogP contribution in [0, 0.1) is 5.92 Å². The van der Waals surface area contributed by atoms with E-state index in [2.05, 4.69) is 21.9 Å². The summed E-state index contributed by atoms with van der Waals surface area (Å²) in [7, 11) is 0. The summed E-state index contributed by atoms with van der Waals surface area (Å²) in [6.45, 7) is 3.70. The fourth-order valence-corrected chi connectivity index (χ4v) is 3.68. The summed E-state index contributed by atoms with van der Waals surface area (Å²) in [6, 6.07) is 3.89. The molecule has 0 N–H and O–H groups in total. The first kappa shape index (κ1) is 23.5. The highest BCUT2D eigenvalue weighted by Crippen LogP contribution is 2.34. The first-order valence-corrected chi connectivity index (χ1v) is 12.4. The zero-order valence-electron chi connectivity index (χ0n) is 19.2. The van der Waals surface area contributed by atoms with Gasteiger partial charge in [0.2, 0.25) is 5.88 Å². The Bertz CT molecular complexity index is 714. The predicted octanol–water partition coefficient (Wildman–Crippen LogP) is 7.02. The van der Waals surface area contributed by atoms with Crippen LogP contribution in [0.4, 0.5) is 0 Å². The molecule has 1 saturated carbocycles. The summed E-state index contributed by atoms with van der Waals surface area (Å²) in [5.41, 5.74) is 1.54. The summed E-state index contributed by atoms with van der Waals surface area (Å²) < 4.78 is 11.5. The van der Waals surface area contributed by atoms with Crippen molar-refractivity contribution in [2.24, 2.45) is 5.92 Å². The van der Waals surface area contributed by atoms with Crippen molar-refractivity contribution < 1.29 is 9.47 Å². The molecular weight excluding hydrogens is 386 g/mol. The number of hydrogen-bond acceptors (Lipinski definition) is 5. The quantitative estimate of drug-likeness (QED) is 0.255. The second-order valence-corrected chi connectivity index (χ2v) is 8.73. The number of rotatable bonds is 17. The summed E-state index contributed by atoms with van der Waals surface area (Å²) >= 11 is 0. The highest BCUT2D eigenvalue weighted by Gasteiger charge is 2.19. The number of aromatic nitrogens is 3. The Morgan fingerprint density at radius 2 is 1.42 bits per heavy atom. The van der Waals surface area contributed by atoms with Gasteiger partial charge in [0.05, 0.1) is 37.5 Å². The maximum Gasteiger partial charge on any atom is 0.232 e. The van der Waals surface area contributed by atoms with Crippen LogP contribution in [0.25, 0.3) is 11.4 Å². The SMILES string of the molecule is CCCCCCCCOc1ccc(-c2cnc(OCCCCCCC3CC3)cn2)nc1. The third kappa shape index (κ3) is 9.67. The van der Waals surface area contributed by atoms with Crippen molar-refractivity contribution in [3.8, 4) is 23.0 Å². The van der Waals surface area contributed by atoms with E-state index in [9.17, 15) is 0 Å². The lowest BCUT2D eigenvalue weighted by atomic mass is 10.1. The van der Waals surface area contributed by atoms with E-state index in [0.29, 0.717) is 12.5 Å². The van der Waals surface area contributed by atoms with Crippen LogP contribution in [0.3, 0.4) is 0 Å². The Kier molecular flexibility index (Phi) is 10.6. The molecule has 0 unspecified atom stereocenters. The van der Waals surface area contributed by atoms with Crippen LogP contribution >= 0.6 is 0 Å². The second kappa shape index (κ2) is 14.0. The molecule has 31 heavy (non-hydrogen) atoms. The summed E-state index contributed by atoms with van der Waals surface area (Å²) in [5.74, 6) is 2.44. The van der Waals surface area contributed by atoms with Gasteiger partial charge in [0.15, 0.2) is 0 Å². The van der Waals surface area contributed by atoms with Gasteiger partial charge in [0, 0.05) is 0 Å². The van der Waals surface area contributed by atoms with Gasteiger partial charge in [-0.05, 0) is 30.9 Å². The highest BCUT2D eigenvalue weighted by molar-refractivity contribution is 5.53. The van der Waals surface area contributed by atoms with Gasteiger partial charge in [-0.3, -0.25) is 4.98 Å². The molecule has 0 saturated heterocycles. The van der Waals surface area contributed by atoms with Crippen LogP contribution < -0.4 is 9.47 Å². The molecule has 2 aromatic heterocycles. The Hall–Kier alpha value is -2.17. The molecule has 0 radical (unpaired) electrons. The van der Waals surface area contributed by atoms with Crippen molar-refractivity contribution in [1.29, 1.82) is 0 Å². The van der Waals surface area contributed by atoms with Gasteiger partial charge in [-0.2, -0.15) is 0 Å². The molecule has 5 nitrogen and oxygen atoms in total. The van der Waals surface area contributed by atoms with Gasteiger partial charge < -0.3 is 9.47 Å². The molecular formula is C26H39N3O2. The second-order valence-electron chi connectivity index (χ2n) is 8.73. The number of pyridine rings is 1. The van der Waals surface area contributed by atoms with E-state index in [-0.39, 0.29) is 0 Å². The van der Waals surface area contributed by atoms with Crippen molar-refractivity contribution in [3.05, 3.63) is 30.7 Å². The first-order chi connectivity index (χ1) is 15.3. The molecule has 0 aliphatic heterocycles. The number of unbranched alkanes of at least 4 members (excludes halogenated alkanes) is 8. The van der Waals surface area contributed by atoms with Crippen molar-refractivity contribution in [3.63, 3.8) is 0 Å². The van der Waals surface area contributed by atoms with Gasteiger partial charge in [-0.1, -0.05) is 77.6 Å². The highest BCUT2D eigenvalue weighted by atomic mass is 16.5. The molecule has 0 amide bonds. The largest absolute Gasteiger partial charge is 0.492 e. The average molecular weight is 426 g/mol. The van der Waals surface area contributed by atoms with Crippen LogP contribution in [-0.2, 0) is 0 Å². The Balaban J connectivity index is 1.29. The molecule has 170 valence electrons. The molecule has 2 aromatic rings. The molecule has 3 rings (SSSR count). The van der Waals surface area contributed by atoms with Crippen LogP contribution in [0.2, 0.25) is 0 Å². The zero-order valence-corrected chi connectivity index (χ0v) is 19.2. The molecule has 0 atom stereocenters. The van der Waals surface area contributed by atoms with Gasteiger partial charge in [-0.15, -0.1) is 0 Å². The van der Waals surface area contributed by atoms with Gasteiger partial charge >= 0.3 is 0 Å². The zero-order chi connectivity index (χ0) is 21.6. The first-order valence-electron chi connectivity index (χ1n) is 12.4. The molecule has 1 aliphatic carbocycles. The third-order valence-electron chi connectivity index (χ3n) is 5.85. The maximum absolute atomic E-state index is 5.80. The number of ether oxygens (including phenoxy) is 2. The minimum atomic E-state index is 0.584. The molecule has 0 bridgehead atoms. The monoisotopic (exact) mass is 425 g/mol. The van der Waals surface area contributed by atoms with E-state index in [0.717, 1.165) is 42.5 Å². The molecule has 0 aromatic carbocycles. The molecule has 1 fully saturated rings. The van der Waals surface area contributed by atoms with Crippen LogP contribution in [-0.4, -0.2) is 28.2 Å². The standard InChI is InChI=1S/C26H39N3O2/c1-2-3-4-5-7-10-17-30-23-15-16-24(27-19-23)25-20-29-26(21-28-25)31-18-11-8-6-9-12-22-13-14-22/h15-16,19-22H,2-14,17-18H2,1H3. The Morgan fingerprint density at radius 1 is 0.710 bits per heavy atom. The van der Waals surface area contributed by atoms with E-state index in [4.69, 9.17) is 9.47 Å². The Labute approximate surface area is 188 Å². The summed E-state index contributed by atoms with van der Waals surface area (Å²) in [4.78, 5) is 13.3. The molecule has 0 spiro atoms. The Morgan fingerprint density at radius 3 is 2.10 bits per heavy atom. The van der Waals surface area contributed by atoms with Gasteiger partial charge in [0.1, 0.15) is 11.4 Å². The van der Waals surface area contributed by atoms with E-state index in [1.165, 1.54) is 70.6 Å². The van der Waals surface area contributed by atoms with Crippen LogP contribution in [0.1, 0.15) is 90.4 Å². The lowest BCUT2D eigenvalue weighted by Gasteiger charge is -2.07. The van der Waals surface area contributed by atoms with Crippen molar-refractivity contribution >= 4 is 0 Å². The predicted molar refractivity (Wildman–Crippen MR) is 125 cm³/mol. The van der Waals surface area contributed by atoms with Crippen LogP contribution in [0.5, 0.6) is 11.6 Å². The number of nitrogens with zero attached hydrogens (tertiary/aromatic N) is 3. The third-order valence-corrected chi connectivity index (χ3v) is 5.85. The summed E-state index contributed by atoms with van der Waals surface area (Å²) in [5, 5.41) is 0. The van der Waals surface area contributed by atoms with Crippen molar-refractivity contribution in [2.75, 3.05) is 13.2 Å². The summed E-state index contributed by atoms with van der Waals surface area (Å²) in [6.07, 6.45) is 22.1. The van der Waals surface area contributed by atoms with Crippen molar-refractivity contribution in [2.45, 2.75) is 90.4 Å². The minimum Gasteiger partial charge on any atom is -0.492 e. The normalized spacial score (nSPS) is 13.3. The topological polar surface area (TPSA) is 57.1 Å². The van der Waals surface area contributed by atoms with Crippen molar-refractivity contribution in [1.82, 2.24) is 15.0 Å². The van der Waals surface area contributed by atoms with E-state index in [1.54, 1.807) is 18.6 Å². The van der Waals surface area contributed by atoms with Crippen LogP contribution in [0.15, 0.2) is 30.7 Å². The lowest BCUT2D eigenvalue weighted by molar-refractivity contribution is 0.292. The van der Waals surface area contributed by atoms with Gasteiger partial charge in [-0.25, -0.2) is 9.97 Å². The molecule has 2 heterocycles. The van der Waals surface area contributed by atoms with E-state index < -0.39 is 0 Å². The number of hydrogen-bond donors (Lipinski definition) is 0. The fourth-order valence-electron chi connectivity index (χ4n) is 3.68. The average Bonchev–Trinajstić information content (AvgIpc) is 3.63. The molecule has 1 aliphatic rings. The van der Waals surface area contributed by atoms with E-state index >= 15 is 0 Å². The van der Waals surface area contributed by atoms with Gasteiger partial charge in [0.25, 0.3) is 0 Å². The minimum absolute atomic E-state index is 0.584. The lowest BCUT2D eigenvalue weighted by Crippen LogP contribution is -2.00. The fraction of sp³-hybridized carbons (Fsp3) is 0.654. The van der Waals surface area contributed by atoms with E-state index in [1.807, 2.05) is 12.1 Å².